The van der Waals surface area contributed by atoms with Gasteiger partial charge in [-0.15, -0.1) is 0 Å². The second-order valence-electron chi connectivity index (χ2n) is 4.60. The van der Waals surface area contributed by atoms with E-state index in [-0.39, 0.29) is 11.7 Å². The molecule has 0 bridgehead atoms. The molecule has 3 heteroatoms. The average Bonchev–Trinajstić information content (AvgIpc) is 2.75. The summed E-state index contributed by atoms with van der Waals surface area (Å²) in [6.45, 7) is 2.24. The molecule has 1 saturated carbocycles. The molecule has 0 aliphatic heterocycles. The molecular weight excluding hydrogens is 268 g/mol. The third-order valence-corrected chi connectivity index (χ3v) is 4.29. The fraction of sp³-hybridized carbons (Fsp3) is 0.615. The molecule has 0 amide bonds. The molecule has 1 heterocycles. The maximum atomic E-state index is 12.2. The molecule has 2 rings (SSSR count). The van der Waals surface area contributed by atoms with E-state index in [2.05, 4.69) is 22.9 Å². The van der Waals surface area contributed by atoms with E-state index in [4.69, 9.17) is 4.42 Å². The van der Waals surface area contributed by atoms with Gasteiger partial charge in [-0.25, -0.2) is 0 Å². The van der Waals surface area contributed by atoms with Gasteiger partial charge < -0.3 is 4.42 Å². The van der Waals surface area contributed by atoms with Crippen molar-refractivity contribution in [3.8, 4) is 0 Å². The molecular formula is C13H17BrO2. The van der Waals surface area contributed by atoms with Crippen LogP contribution in [0.2, 0.25) is 0 Å². The predicted molar refractivity (Wildman–Crippen MR) is 66.5 cm³/mol. The van der Waals surface area contributed by atoms with Crippen LogP contribution in [0.4, 0.5) is 0 Å². The minimum atomic E-state index is 0.205. The predicted octanol–water partition coefficient (Wildman–Crippen LogP) is 4.44. The molecule has 0 unspecified atom stereocenters. The molecule has 1 aromatic heterocycles. The van der Waals surface area contributed by atoms with Crippen LogP contribution in [0.25, 0.3) is 0 Å². The first kappa shape index (κ1) is 11.9. The topological polar surface area (TPSA) is 30.2 Å². The number of carbonyl (C=O) groups excluding carboxylic acids is 1. The molecule has 1 aliphatic carbocycles. The quantitative estimate of drug-likeness (QED) is 0.768. The Morgan fingerprint density at radius 1 is 1.44 bits per heavy atom. The van der Waals surface area contributed by atoms with Crippen molar-refractivity contribution >= 4 is 21.7 Å². The first-order valence-corrected chi connectivity index (χ1v) is 6.78. The number of ketones is 1. The van der Waals surface area contributed by atoms with Crippen LogP contribution in [0, 0.1) is 11.8 Å². The summed E-state index contributed by atoms with van der Waals surface area (Å²) in [6, 6.07) is 1.76. The van der Waals surface area contributed by atoms with Gasteiger partial charge in [-0.1, -0.05) is 13.3 Å². The monoisotopic (exact) mass is 284 g/mol. The van der Waals surface area contributed by atoms with E-state index in [0.717, 1.165) is 18.8 Å². The Morgan fingerprint density at radius 3 is 2.62 bits per heavy atom. The van der Waals surface area contributed by atoms with Crippen molar-refractivity contribution in [3.05, 3.63) is 22.6 Å². The van der Waals surface area contributed by atoms with Crippen LogP contribution >= 0.6 is 15.9 Å². The second-order valence-corrected chi connectivity index (χ2v) is 5.32. The highest BCUT2D eigenvalue weighted by Crippen LogP contribution is 2.33. The van der Waals surface area contributed by atoms with Crippen molar-refractivity contribution < 1.29 is 9.21 Å². The van der Waals surface area contributed by atoms with Gasteiger partial charge in [-0.05, 0) is 53.6 Å². The van der Waals surface area contributed by atoms with Crippen LogP contribution in [-0.2, 0) is 0 Å². The van der Waals surface area contributed by atoms with Gasteiger partial charge in [0.05, 0.1) is 11.8 Å². The Kier molecular flexibility index (Phi) is 3.85. The van der Waals surface area contributed by atoms with Crippen molar-refractivity contribution in [1.29, 1.82) is 0 Å². The highest BCUT2D eigenvalue weighted by Gasteiger charge is 2.27. The normalized spacial score (nSPS) is 25.6. The number of halogens is 1. The van der Waals surface area contributed by atoms with Gasteiger partial charge in [-0.2, -0.15) is 0 Å². The second kappa shape index (κ2) is 5.17. The van der Waals surface area contributed by atoms with Crippen molar-refractivity contribution in [2.45, 2.75) is 39.0 Å². The molecule has 1 aromatic rings. The lowest BCUT2D eigenvalue weighted by Gasteiger charge is -2.26. The largest absolute Gasteiger partial charge is 0.457 e. The molecule has 0 saturated heterocycles. The first-order chi connectivity index (χ1) is 7.72. The molecule has 0 aromatic carbocycles. The number of hydrogen-bond acceptors (Lipinski definition) is 2. The fourth-order valence-corrected chi connectivity index (χ4v) is 2.96. The molecule has 0 N–H and O–H groups in total. The van der Waals surface area contributed by atoms with Crippen LogP contribution in [0.5, 0.6) is 0 Å². The summed E-state index contributed by atoms with van der Waals surface area (Å²) in [6.07, 6.45) is 7.28. The Morgan fingerprint density at radius 2 is 2.12 bits per heavy atom. The number of Topliss-reactive ketones (excluding diaryl/α,β-unsaturated/α-hetero) is 1. The van der Waals surface area contributed by atoms with Crippen LogP contribution in [0.1, 0.15) is 49.4 Å². The summed E-state index contributed by atoms with van der Waals surface area (Å²) >= 11 is 3.27. The third-order valence-electron chi connectivity index (χ3n) is 3.68. The van der Waals surface area contributed by atoms with Crippen molar-refractivity contribution in [2.75, 3.05) is 0 Å². The van der Waals surface area contributed by atoms with Crippen molar-refractivity contribution in [1.82, 2.24) is 0 Å². The van der Waals surface area contributed by atoms with Crippen LogP contribution in [0.3, 0.4) is 0 Å². The SMILES string of the molecule is CCC1CCC(C(=O)c2ccoc2Br)CC1. The van der Waals surface area contributed by atoms with E-state index in [1.807, 2.05) is 0 Å². The van der Waals surface area contributed by atoms with E-state index in [9.17, 15) is 4.79 Å². The smallest absolute Gasteiger partial charge is 0.179 e. The van der Waals surface area contributed by atoms with Crippen molar-refractivity contribution in [3.63, 3.8) is 0 Å². The van der Waals surface area contributed by atoms with Gasteiger partial charge in [0, 0.05) is 5.92 Å². The van der Waals surface area contributed by atoms with Gasteiger partial charge in [0.15, 0.2) is 10.5 Å². The lowest BCUT2D eigenvalue weighted by Crippen LogP contribution is -2.21. The molecule has 0 radical (unpaired) electrons. The Bertz CT molecular complexity index is 362. The summed E-state index contributed by atoms with van der Waals surface area (Å²) < 4.78 is 5.69. The minimum Gasteiger partial charge on any atom is -0.457 e. The fourth-order valence-electron chi connectivity index (χ4n) is 2.52. The number of hydrogen-bond donors (Lipinski definition) is 0. The molecule has 88 valence electrons. The lowest BCUT2D eigenvalue weighted by molar-refractivity contribution is 0.0869. The van der Waals surface area contributed by atoms with Gasteiger partial charge in [-0.3, -0.25) is 4.79 Å². The van der Waals surface area contributed by atoms with Gasteiger partial charge in [0.25, 0.3) is 0 Å². The van der Waals surface area contributed by atoms with Gasteiger partial charge in [0.2, 0.25) is 0 Å². The highest BCUT2D eigenvalue weighted by atomic mass is 79.9. The maximum absolute atomic E-state index is 12.2. The molecule has 2 nitrogen and oxygen atoms in total. The van der Waals surface area contributed by atoms with E-state index in [1.165, 1.54) is 19.3 Å². The summed E-state index contributed by atoms with van der Waals surface area (Å²) in [5.41, 5.74) is 0.708. The molecule has 1 aliphatic rings. The summed E-state index contributed by atoms with van der Waals surface area (Å²) in [7, 11) is 0. The number of carbonyl (C=O) groups is 1. The Labute approximate surface area is 105 Å². The lowest BCUT2D eigenvalue weighted by atomic mass is 9.78. The van der Waals surface area contributed by atoms with Gasteiger partial charge >= 0.3 is 0 Å². The zero-order valence-electron chi connectivity index (χ0n) is 9.54. The number of furan rings is 1. The summed E-state index contributed by atoms with van der Waals surface area (Å²) in [5, 5.41) is 0. The van der Waals surface area contributed by atoms with Crippen LogP contribution in [-0.4, -0.2) is 5.78 Å². The van der Waals surface area contributed by atoms with Crippen LogP contribution < -0.4 is 0 Å². The molecule has 1 fully saturated rings. The molecule has 0 spiro atoms. The Hall–Kier alpha value is -0.570. The standard InChI is InChI=1S/C13H17BrO2/c1-2-9-3-5-10(6-4-9)12(15)11-7-8-16-13(11)14/h7-10H,2-6H2,1H3. The first-order valence-electron chi connectivity index (χ1n) is 5.99. The Balaban J connectivity index is 2.00. The van der Waals surface area contributed by atoms with E-state index >= 15 is 0 Å². The summed E-state index contributed by atoms with van der Waals surface area (Å²) in [5.74, 6) is 1.28. The highest BCUT2D eigenvalue weighted by molar-refractivity contribution is 9.10. The summed E-state index contributed by atoms with van der Waals surface area (Å²) in [4.78, 5) is 12.2. The van der Waals surface area contributed by atoms with E-state index in [1.54, 1.807) is 12.3 Å². The van der Waals surface area contributed by atoms with Gasteiger partial charge in [0.1, 0.15) is 0 Å². The zero-order valence-corrected chi connectivity index (χ0v) is 11.1. The molecule has 16 heavy (non-hydrogen) atoms. The van der Waals surface area contributed by atoms with E-state index in [0.29, 0.717) is 10.2 Å². The minimum absolute atomic E-state index is 0.205. The van der Waals surface area contributed by atoms with Crippen LogP contribution in [0.15, 0.2) is 21.4 Å². The number of rotatable bonds is 3. The van der Waals surface area contributed by atoms with Crippen molar-refractivity contribution in [2.24, 2.45) is 11.8 Å². The maximum Gasteiger partial charge on any atom is 0.179 e. The third kappa shape index (κ3) is 2.40. The average molecular weight is 285 g/mol. The molecule has 0 atom stereocenters. The van der Waals surface area contributed by atoms with E-state index < -0.39 is 0 Å². The zero-order chi connectivity index (χ0) is 11.5.